The lowest BCUT2D eigenvalue weighted by Crippen LogP contribution is -2.46. The number of carboxylic acids is 2. The van der Waals surface area contributed by atoms with Gasteiger partial charge in [-0.15, -0.1) is 0 Å². The number of Topliss-reactive ketones (excluding diaryl/α,β-unsaturated/α-hetero) is 2. The number of carbonyl (C=O) groups is 7. The summed E-state index contributed by atoms with van der Waals surface area (Å²) in [6.07, 6.45) is 16.6. The summed E-state index contributed by atoms with van der Waals surface area (Å²) in [5.74, 6) is -3.89. The van der Waals surface area contributed by atoms with Gasteiger partial charge in [0.15, 0.2) is 23.4 Å². The molecule has 2 aliphatic heterocycles. The number of allylic oxidation sites excluding steroid dienone is 7. The number of carboxylic acid groups (broad SMARTS) is 2. The number of ketones is 2. The largest absolute Gasteiger partial charge is 0.481 e. The van der Waals surface area contributed by atoms with Crippen LogP contribution in [0.3, 0.4) is 0 Å². The number of aliphatic carboxylic acids is 2. The van der Waals surface area contributed by atoms with E-state index in [0.717, 1.165) is 89.1 Å². The fourth-order valence-corrected chi connectivity index (χ4v) is 14.3. The van der Waals surface area contributed by atoms with E-state index in [1.54, 1.807) is 24.3 Å². The quantitative estimate of drug-likeness (QED) is 0.00828. The molecule has 0 saturated carbocycles. The Balaban J connectivity index is 1.19. The monoisotopic (exact) mass is 1500 g/mol. The van der Waals surface area contributed by atoms with Crippen molar-refractivity contribution < 1.29 is 79.0 Å². The minimum Gasteiger partial charge on any atom is -0.481 e. The molecule has 0 unspecified atom stereocenters. The molecule has 3 atom stereocenters. The molecule has 3 aromatic rings. The van der Waals surface area contributed by atoms with E-state index < -0.39 is 91.1 Å². The molecule has 28 nitrogen and oxygen atoms in total. The van der Waals surface area contributed by atoms with Gasteiger partial charge in [0.05, 0.1) is 21.2 Å². The lowest BCUT2D eigenvalue weighted by molar-refractivity contribution is -0.438. The number of benzene rings is 3. The third-order valence-corrected chi connectivity index (χ3v) is 20.7. The van der Waals surface area contributed by atoms with Crippen molar-refractivity contribution in [3.05, 3.63) is 124 Å². The molecule has 0 radical (unpaired) electrons. The van der Waals surface area contributed by atoms with E-state index in [-0.39, 0.29) is 105 Å². The van der Waals surface area contributed by atoms with Gasteiger partial charge in [0.2, 0.25) is 17.5 Å². The summed E-state index contributed by atoms with van der Waals surface area (Å²) in [6.45, 7) is 14.3. The summed E-state index contributed by atoms with van der Waals surface area (Å²) in [7, 11) is -8.98. The lowest BCUT2D eigenvalue weighted by Gasteiger charge is -2.27. The van der Waals surface area contributed by atoms with Gasteiger partial charge < -0.3 is 64.1 Å². The topological polar surface area (TPSA) is 461 Å². The van der Waals surface area contributed by atoms with E-state index >= 15 is 0 Å². The standard InChI is InChI=1S/C75H106N12O16S2/c1-7-9-13-45-87-62-35-32-56(105(100,101)102)48-58(62)75(5,6)65(87)37-28-51-19-14-18-50(27-36-64-74(3,4)57-47-55(104(97,98)99)31-34-61(57)86(64)44-10-8-2)68(51)103-54-29-25-49(26-30-54)39-43-80-69(93)52(20-15-40-81-71(76)77)46-63(89)59(23-17-41-82-72(78)79)84-66(90)24-12-11-21-53(88)22-16-42-83-73(96)85-60(70(94)95)33-38-67(91)92/h25-32,34-37,47-48,52,59-60H,7-24,33,38-46H2,1-6H3,(H15-,76,77,78,79,80,81,82,83,84,85,90,91,92,93,94,95,96,97,98,99,100,101,102)/p+1/t52-,59+,60-/m1/s1. The molecule has 105 heavy (non-hydrogen) atoms. The van der Waals surface area contributed by atoms with Crippen molar-refractivity contribution in [1.82, 2.24) is 21.3 Å². The lowest BCUT2D eigenvalue weighted by atomic mass is 9.81. The molecule has 0 bridgehead atoms. The van der Waals surface area contributed by atoms with Crippen molar-refractivity contribution in [3.63, 3.8) is 0 Å². The highest BCUT2D eigenvalue weighted by atomic mass is 32.2. The number of nitrogens with zero attached hydrogens (tertiary/aromatic N) is 4. The first-order valence-electron chi connectivity index (χ1n) is 36.1. The van der Waals surface area contributed by atoms with E-state index in [0.29, 0.717) is 69.5 Å². The zero-order valence-corrected chi connectivity index (χ0v) is 62.8. The molecule has 0 spiro atoms. The van der Waals surface area contributed by atoms with Crippen LogP contribution in [0, 0.1) is 5.92 Å². The van der Waals surface area contributed by atoms with E-state index in [4.69, 9.17) is 32.8 Å². The average molecular weight is 1500 g/mol. The van der Waals surface area contributed by atoms with Crippen molar-refractivity contribution in [3.8, 4) is 5.75 Å². The molecule has 3 aliphatic rings. The van der Waals surface area contributed by atoms with E-state index in [1.165, 1.54) is 12.1 Å². The van der Waals surface area contributed by atoms with Gasteiger partial charge in [-0.1, -0.05) is 58.7 Å². The molecule has 30 heteroatoms. The van der Waals surface area contributed by atoms with E-state index in [1.807, 2.05) is 52.0 Å². The molecule has 1 aliphatic carbocycles. The number of urea groups is 1. The Morgan fingerprint density at radius 1 is 0.667 bits per heavy atom. The minimum atomic E-state index is -4.49. The first-order chi connectivity index (χ1) is 49.6. The first-order valence-corrected chi connectivity index (χ1v) is 39.0. The van der Waals surface area contributed by atoms with Crippen molar-refractivity contribution in [2.24, 2.45) is 38.8 Å². The van der Waals surface area contributed by atoms with Crippen LogP contribution in [-0.2, 0) is 66.3 Å². The van der Waals surface area contributed by atoms with Gasteiger partial charge in [-0.25, -0.2) is 9.59 Å². The van der Waals surface area contributed by atoms with Gasteiger partial charge >= 0.3 is 18.0 Å². The second kappa shape index (κ2) is 39.7. The van der Waals surface area contributed by atoms with Gasteiger partial charge in [-0.2, -0.15) is 21.4 Å². The average Bonchev–Trinajstić information content (AvgIpc) is 1.59. The van der Waals surface area contributed by atoms with Crippen LogP contribution in [-0.4, -0.2) is 151 Å². The van der Waals surface area contributed by atoms with Crippen LogP contribution in [0.2, 0.25) is 0 Å². The SMILES string of the molecule is CCCCC[N+]1=C(/C=C/C2=C(Oc3ccc(CCNC(=O)[C@H](CCCN=C(N)N)CC(=O)[C@H](CCCN=C(N)N)NC(=O)CCCCC(=O)CCCNC(=O)N[C@H](CCC(=O)O)C(=O)O)cc3)C(=C/C=C3/N(CCCC)c4ccc(S(=O)(=O)O)cc4C3(C)C)/CCC2)C(C)(C)c2cc(S(=O)(=O)O)ccc21. The van der Waals surface area contributed by atoms with Gasteiger partial charge in [-0.05, 0) is 181 Å². The molecular weight excluding hydrogens is 1390 g/mol. The van der Waals surface area contributed by atoms with Crippen LogP contribution >= 0.6 is 0 Å². The molecular formula is C75H107N12O16S2+. The highest BCUT2D eigenvalue weighted by Gasteiger charge is 2.45. The Morgan fingerprint density at radius 2 is 1.30 bits per heavy atom. The van der Waals surface area contributed by atoms with Crippen LogP contribution in [0.25, 0.3) is 0 Å². The van der Waals surface area contributed by atoms with Gasteiger partial charge in [-0.3, -0.25) is 43.1 Å². The summed E-state index contributed by atoms with van der Waals surface area (Å²) in [5.41, 5.74) is 28.8. The van der Waals surface area contributed by atoms with Crippen LogP contribution in [0.4, 0.5) is 16.2 Å². The Bertz CT molecular complexity index is 4080. The van der Waals surface area contributed by atoms with E-state index in [9.17, 15) is 64.6 Å². The Hall–Kier alpha value is -9.26. The number of carbonyl (C=O) groups excluding carboxylic acids is 5. The number of guanidine groups is 2. The fraction of sp³-hybridized carbons (Fsp3) is 0.520. The maximum atomic E-state index is 14.3. The second-order valence-corrected chi connectivity index (χ2v) is 30.7. The molecule has 4 amide bonds. The molecule has 574 valence electrons. The summed E-state index contributed by atoms with van der Waals surface area (Å²) >= 11 is 0. The number of unbranched alkanes of at least 4 members (excludes halogenated alkanes) is 4. The number of nitrogens with one attached hydrogen (secondary N) is 4. The molecule has 0 saturated heterocycles. The zero-order valence-electron chi connectivity index (χ0n) is 61.2. The number of hydrogen-bond acceptors (Lipinski definition) is 15. The number of anilines is 1. The molecule has 0 fully saturated rings. The molecule has 3 aromatic carbocycles. The smallest absolute Gasteiger partial charge is 0.326 e. The van der Waals surface area contributed by atoms with E-state index in [2.05, 4.69) is 78.9 Å². The van der Waals surface area contributed by atoms with Crippen molar-refractivity contribution in [2.45, 2.75) is 216 Å². The Labute approximate surface area is 616 Å². The zero-order chi connectivity index (χ0) is 77.2. The minimum absolute atomic E-state index is 0.0111. The summed E-state index contributed by atoms with van der Waals surface area (Å²) in [6, 6.07) is 13.8. The van der Waals surface area contributed by atoms with Crippen molar-refractivity contribution in [1.29, 1.82) is 0 Å². The fourth-order valence-electron chi connectivity index (χ4n) is 13.3. The Morgan fingerprint density at radius 3 is 1.94 bits per heavy atom. The number of nitrogens with two attached hydrogens (primary N) is 4. The number of rotatable bonds is 44. The maximum Gasteiger partial charge on any atom is 0.326 e. The summed E-state index contributed by atoms with van der Waals surface area (Å²) < 4.78 is 79.3. The van der Waals surface area contributed by atoms with Gasteiger partial charge in [0, 0.05) is 112 Å². The maximum absolute atomic E-state index is 14.3. The number of fused-ring (bicyclic) bond motifs is 2. The number of hydrogen-bond donors (Lipinski definition) is 12. The van der Waals surface area contributed by atoms with Crippen molar-refractivity contribution >= 4 is 90.6 Å². The predicted molar refractivity (Wildman–Crippen MR) is 403 cm³/mol. The Kier molecular flexibility index (Phi) is 32.0. The number of ether oxygens (including phenoxy) is 1. The first kappa shape index (κ1) is 84.7. The van der Waals surface area contributed by atoms with Crippen LogP contribution in [0.15, 0.2) is 127 Å². The van der Waals surface area contributed by atoms with Crippen molar-refractivity contribution in [2.75, 3.05) is 44.2 Å². The summed E-state index contributed by atoms with van der Waals surface area (Å²) in [4.78, 5) is 98.9. The third kappa shape index (κ3) is 25.5. The number of aliphatic imine (C=N–C) groups is 2. The highest BCUT2D eigenvalue weighted by molar-refractivity contribution is 7.86. The molecule has 6 rings (SSSR count). The number of amides is 4. The van der Waals surface area contributed by atoms with Crippen LogP contribution < -0.4 is 53.8 Å². The van der Waals surface area contributed by atoms with Crippen LogP contribution in [0.5, 0.6) is 5.75 Å². The molecule has 16 N–H and O–H groups in total. The predicted octanol–water partition coefficient (Wildman–Crippen LogP) is 8.58. The second-order valence-electron chi connectivity index (χ2n) is 27.8. The third-order valence-electron chi connectivity index (χ3n) is 19.0. The molecule has 2 heterocycles. The van der Waals surface area contributed by atoms with Gasteiger partial charge in [0.1, 0.15) is 29.9 Å². The normalized spacial score (nSPS) is 16.3. The highest BCUT2D eigenvalue weighted by Crippen LogP contribution is 2.49. The summed E-state index contributed by atoms with van der Waals surface area (Å²) in [5, 5.41) is 28.6. The molecule has 0 aromatic heterocycles. The van der Waals surface area contributed by atoms with Gasteiger partial charge in [0.25, 0.3) is 20.2 Å². The van der Waals surface area contributed by atoms with Crippen LogP contribution in [0.1, 0.15) is 193 Å².